The normalized spacial score (nSPS) is 13.3. The summed E-state index contributed by atoms with van der Waals surface area (Å²) in [5, 5.41) is 8.97. The summed E-state index contributed by atoms with van der Waals surface area (Å²) < 4.78 is 22.6. The van der Waals surface area contributed by atoms with Gasteiger partial charge >= 0.3 is 12.0 Å². The molecule has 5 rings (SSSR count). The molecule has 0 unspecified atom stereocenters. The third-order valence-corrected chi connectivity index (χ3v) is 6.01. The van der Waals surface area contributed by atoms with Crippen molar-refractivity contribution in [3.63, 3.8) is 0 Å². The molecule has 1 aliphatic rings. The number of aliphatic carboxylic acids is 1. The zero-order chi connectivity index (χ0) is 26.1. The van der Waals surface area contributed by atoms with E-state index >= 15 is 0 Å². The van der Waals surface area contributed by atoms with Crippen molar-refractivity contribution in [3.05, 3.63) is 53.7 Å². The number of benzene rings is 2. The number of oxazole rings is 1. The van der Waals surface area contributed by atoms with E-state index in [4.69, 9.17) is 23.7 Å². The topological polar surface area (TPSA) is 137 Å². The Kier molecular flexibility index (Phi) is 6.34. The van der Waals surface area contributed by atoms with Gasteiger partial charge in [-0.05, 0) is 49.2 Å². The fourth-order valence-electron chi connectivity index (χ4n) is 4.03. The maximum absolute atomic E-state index is 12.3. The van der Waals surface area contributed by atoms with Gasteiger partial charge in [-0.25, -0.2) is 9.97 Å². The fraction of sp³-hybridized carbons (Fsp3) is 0.269. The van der Waals surface area contributed by atoms with Crippen LogP contribution in [0, 0.1) is 19.8 Å². The highest BCUT2D eigenvalue weighted by atomic mass is 16.5. The Labute approximate surface area is 211 Å². The minimum absolute atomic E-state index is 0.112. The highest BCUT2D eigenvalue weighted by Crippen LogP contribution is 2.32. The second kappa shape index (κ2) is 9.76. The molecule has 0 radical (unpaired) electrons. The minimum atomic E-state index is -0.891. The van der Waals surface area contributed by atoms with Crippen LogP contribution in [0.1, 0.15) is 11.1 Å². The van der Waals surface area contributed by atoms with Gasteiger partial charge in [0.25, 0.3) is 11.6 Å². The molecule has 1 N–H and O–H groups in total. The van der Waals surface area contributed by atoms with Crippen LogP contribution in [0.15, 0.2) is 47.0 Å². The van der Waals surface area contributed by atoms with E-state index < -0.39 is 11.9 Å². The van der Waals surface area contributed by atoms with Crippen LogP contribution in [-0.2, 0) is 9.59 Å². The number of nitrogens with zero attached hydrogens (tertiary/aromatic N) is 4. The smallest absolute Gasteiger partial charge is 0.325 e. The average Bonchev–Trinajstić information content (AvgIpc) is 3.26. The second-order valence-electron chi connectivity index (χ2n) is 8.70. The van der Waals surface area contributed by atoms with E-state index in [9.17, 15) is 9.59 Å². The highest BCUT2D eigenvalue weighted by Gasteiger charge is 2.35. The second-order valence-corrected chi connectivity index (χ2v) is 8.70. The van der Waals surface area contributed by atoms with Gasteiger partial charge in [0, 0.05) is 24.7 Å². The Hall–Kier alpha value is -4.67. The number of aryl methyl sites for hydroxylation is 2. The van der Waals surface area contributed by atoms with Crippen LogP contribution in [0.2, 0.25) is 0 Å². The molecule has 3 heterocycles. The molecular weight excluding hydrogens is 480 g/mol. The highest BCUT2D eigenvalue weighted by molar-refractivity contribution is 5.82. The molecule has 11 heteroatoms. The van der Waals surface area contributed by atoms with Crippen LogP contribution in [-0.4, -0.2) is 63.6 Å². The van der Waals surface area contributed by atoms with Crippen molar-refractivity contribution in [2.45, 2.75) is 13.8 Å². The van der Waals surface area contributed by atoms with Gasteiger partial charge in [0.1, 0.15) is 22.8 Å². The number of fused-ring (bicyclic) bond motifs is 1. The first kappa shape index (κ1) is 24.0. The first-order chi connectivity index (χ1) is 17.8. The molecule has 0 bridgehead atoms. The van der Waals surface area contributed by atoms with Crippen molar-refractivity contribution in [3.8, 4) is 34.7 Å². The third kappa shape index (κ3) is 5.01. The number of hydrogen-bond acceptors (Lipinski definition) is 9. The number of carboxylic acids is 1. The van der Waals surface area contributed by atoms with Gasteiger partial charge in [0.2, 0.25) is 5.89 Å². The third-order valence-electron chi connectivity index (χ3n) is 6.01. The average molecular weight is 504 g/mol. The number of likely N-dealkylation sites (tertiary alicyclic amines) is 1. The van der Waals surface area contributed by atoms with Gasteiger partial charge in [0.05, 0.1) is 19.2 Å². The fourth-order valence-corrected chi connectivity index (χ4v) is 4.03. The number of carboxylic acid groups (broad SMARTS) is 1. The number of carbonyl (C=O) groups excluding carboxylic acids is 1. The number of ether oxygens (including phenoxy) is 3. The zero-order valence-electron chi connectivity index (χ0n) is 20.4. The molecule has 2 aromatic carbocycles. The van der Waals surface area contributed by atoms with Crippen molar-refractivity contribution in [2.75, 3.05) is 26.8 Å². The van der Waals surface area contributed by atoms with E-state index in [-0.39, 0.29) is 37.3 Å². The van der Waals surface area contributed by atoms with Crippen LogP contribution in [0.4, 0.5) is 0 Å². The van der Waals surface area contributed by atoms with Gasteiger partial charge < -0.3 is 28.6 Å². The number of carbonyl (C=O) groups is 2. The summed E-state index contributed by atoms with van der Waals surface area (Å²) in [6.45, 7) is 3.98. The Morgan fingerprint density at radius 1 is 1.11 bits per heavy atom. The Bertz CT molecular complexity index is 1470. The number of aromatic nitrogens is 3. The number of methoxy groups -OCH3 is 1. The Balaban J connectivity index is 1.29. The SMILES string of the molecule is COc1cccc(Oc2ncc3nc(-c4cc(C)c(OCC(=O)N5CC(C(=O)O)C5)c(C)c4)oc3n2)c1. The molecular formula is C26H24N4O7. The van der Waals surface area contributed by atoms with Crippen LogP contribution < -0.4 is 14.2 Å². The summed E-state index contributed by atoms with van der Waals surface area (Å²) in [7, 11) is 1.57. The summed E-state index contributed by atoms with van der Waals surface area (Å²) in [5.41, 5.74) is 3.06. The van der Waals surface area contributed by atoms with Crippen LogP contribution >= 0.6 is 0 Å². The zero-order valence-corrected chi connectivity index (χ0v) is 20.4. The first-order valence-corrected chi connectivity index (χ1v) is 11.5. The molecule has 190 valence electrons. The standard InChI is InChI=1S/C26H24N4O7/c1-14-7-16(8-15(2)22(14)35-13-21(31)30-11-17(12-30)25(32)33)23-28-20-10-27-26(29-24(20)37-23)36-19-6-4-5-18(9-19)34-3/h4-10,17H,11-13H2,1-3H3,(H,32,33). The lowest BCUT2D eigenvalue weighted by molar-refractivity contribution is -0.153. The number of amides is 1. The quantitative estimate of drug-likeness (QED) is 0.379. The predicted molar refractivity (Wildman–Crippen MR) is 131 cm³/mol. The van der Waals surface area contributed by atoms with Crippen molar-refractivity contribution in [1.82, 2.24) is 19.9 Å². The largest absolute Gasteiger partial charge is 0.497 e. The molecule has 0 aliphatic carbocycles. The van der Waals surface area contributed by atoms with E-state index in [1.165, 1.54) is 11.1 Å². The van der Waals surface area contributed by atoms with Crippen LogP contribution in [0.3, 0.4) is 0 Å². The van der Waals surface area contributed by atoms with Crippen molar-refractivity contribution >= 4 is 23.1 Å². The molecule has 11 nitrogen and oxygen atoms in total. The molecule has 0 spiro atoms. The summed E-state index contributed by atoms with van der Waals surface area (Å²) in [5.74, 6) is 0.472. The minimum Gasteiger partial charge on any atom is -0.497 e. The van der Waals surface area contributed by atoms with Crippen LogP contribution in [0.25, 0.3) is 22.7 Å². The van der Waals surface area contributed by atoms with E-state index in [1.54, 1.807) is 31.4 Å². The molecule has 1 fully saturated rings. The molecule has 4 aromatic rings. The summed E-state index contributed by atoms with van der Waals surface area (Å²) in [6.07, 6.45) is 1.53. The van der Waals surface area contributed by atoms with Crippen molar-refractivity contribution in [2.24, 2.45) is 5.92 Å². The molecule has 2 aromatic heterocycles. The summed E-state index contributed by atoms with van der Waals surface area (Å²) >= 11 is 0. The van der Waals surface area contributed by atoms with E-state index in [1.807, 2.05) is 26.0 Å². The van der Waals surface area contributed by atoms with Crippen molar-refractivity contribution in [1.29, 1.82) is 0 Å². The summed E-state index contributed by atoms with van der Waals surface area (Å²) in [6, 6.07) is 10.9. The van der Waals surface area contributed by atoms with E-state index in [2.05, 4.69) is 15.0 Å². The van der Waals surface area contributed by atoms with E-state index in [0.29, 0.717) is 34.2 Å². The molecule has 1 aliphatic heterocycles. The lowest BCUT2D eigenvalue weighted by Gasteiger charge is -2.36. The molecule has 1 amide bonds. The predicted octanol–water partition coefficient (Wildman–Crippen LogP) is 3.62. The maximum Gasteiger partial charge on any atom is 0.325 e. The van der Waals surface area contributed by atoms with Gasteiger partial charge in [-0.2, -0.15) is 4.98 Å². The van der Waals surface area contributed by atoms with Crippen molar-refractivity contribution < 1.29 is 33.3 Å². The molecule has 37 heavy (non-hydrogen) atoms. The lowest BCUT2D eigenvalue weighted by Crippen LogP contribution is -2.54. The molecule has 0 atom stereocenters. The lowest BCUT2D eigenvalue weighted by atomic mass is 10.0. The van der Waals surface area contributed by atoms with Gasteiger partial charge in [0.15, 0.2) is 6.61 Å². The summed E-state index contributed by atoms with van der Waals surface area (Å²) in [4.78, 5) is 37.7. The van der Waals surface area contributed by atoms with Crippen LogP contribution in [0.5, 0.6) is 23.3 Å². The van der Waals surface area contributed by atoms with Gasteiger partial charge in [-0.1, -0.05) is 6.07 Å². The van der Waals surface area contributed by atoms with Gasteiger partial charge in [-0.15, -0.1) is 0 Å². The molecule has 1 saturated heterocycles. The Morgan fingerprint density at radius 2 is 1.84 bits per heavy atom. The molecule has 0 saturated carbocycles. The number of rotatable bonds is 8. The van der Waals surface area contributed by atoms with Gasteiger partial charge in [-0.3, -0.25) is 9.59 Å². The Morgan fingerprint density at radius 3 is 2.54 bits per heavy atom. The first-order valence-electron chi connectivity index (χ1n) is 11.5. The number of hydrogen-bond donors (Lipinski definition) is 1. The maximum atomic E-state index is 12.3. The monoisotopic (exact) mass is 504 g/mol. The van der Waals surface area contributed by atoms with E-state index in [0.717, 1.165) is 11.1 Å².